The largest absolute Gasteiger partial charge is 0.506 e. The van der Waals surface area contributed by atoms with E-state index in [1.54, 1.807) is 0 Å². The van der Waals surface area contributed by atoms with E-state index in [9.17, 15) is 8.42 Å². The van der Waals surface area contributed by atoms with Crippen LogP contribution in [0.15, 0.2) is 29.2 Å². The van der Waals surface area contributed by atoms with E-state index in [2.05, 4.69) is 11.5 Å². The number of aromatic hydroxyl groups is 1. The van der Waals surface area contributed by atoms with Crippen LogP contribution in [-0.4, -0.2) is 24.1 Å². The number of para-hydroxylation sites is 1. The van der Waals surface area contributed by atoms with Gasteiger partial charge in [0.25, 0.3) is 10.1 Å². The summed E-state index contributed by atoms with van der Waals surface area (Å²) in [5.74, 6) is -0.449. The van der Waals surface area contributed by atoms with E-state index in [1.807, 2.05) is 0 Å². The molecule has 0 aromatic heterocycles. The van der Waals surface area contributed by atoms with Crippen molar-refractivity contribution in [2.75, 3.05) is 0 Å². The third-order valence-electron chi connectivity index (χ3n) is 1.14. The van der Waals surface area contributed by atoms with Gasteiger partial charge in [0.1, 0.15) is 10.6 Å². The van der Waals surface area contributed by atoms with E-state index < -0.39 is 26.8 Å². The number of hydrogen-bond donors (Lipinski definition) is 4. The molecule has 0 aliphatic carbocycles. The minimum Gasteiger partial charge on any atom is -0.506 e. The smallest absolute Gasteiger partial charge is 0.309 e. The summed E-state index contributed by atoms with van der Waals surface area (Å²) in [6, 6.07) is 4.33. The van der Waals surface area contributed by atoms with Crippen LogP contribution in [0, 0.1) is 0 Å². The van der Waals surface area contributed by atoms with Crippen molar-refractivity contribution in [2.24, 2.45) is 11.5 Å². The van der Waals surface area contributed by atoms with Crippen molar-refractivity contribution >= 4 is 16.1 Å². The maximum Gasteiger partial charge on any atom is 0.309 e. The normalized spacial score (nSPS) is 9.93. The van der Waals surface area contributed by atoms with Gasteiger partial charge in [-0.1, -0.05) is 12.1 Å². The molecule has 84 valence electrons. The van der Waals surface area contributed by atoms with Crippen molar-refractivity contribution in [3.8, 4) is 5.75 Å². The van der Waals surface area contributed by atoms with Crippen molar-refractivity contribution in [1.82, 2.24) is 0 Å². The first-order valence-corrected chi connectivity index (χ1v) is 4.99. The predicted molar refractivity (Wildman–Crippen MR) is 51.7 cm³/mol. The summed E-state index contributed by atoms with van der Waals surface area (Å²) in [4.78, 5) is 8.53. The van der Waals surface area contributed by atoms with E-state index in [4.69, 9.17) is 14.5 Å². The molecule has 6 N–H and O–H groups in total. The van der Waals surface area contributed by atoms with Crippen LogP contribution in [-0.2, 0) is 10.1 Å². The van der Waals surface area contributed by atoms with E-state index >= 15 is 0 Å². The molecule has 0 saturated heterocycles. The van der Waals surface area contributed by atoms with Crippen molar-refractivity contribution in [1.29, 1.82) is 0 Å². The maximum absolute atomic E-state index is 10.4. The lowest BCUT2D eigenvalue weighted by molar-refractivity contribution is 0.256. The highest BCUT2D eigenvalue weighted by Gasteiger charge is 2.12. The molecular formula is C7H10N2O5S. The van der Waals surface area contributed by atoms with Crippen molar-refractivity contribution in [2.45, 2.75) is 4.90 Å². The average Bonchev–Trinajstić information content (AvgIpc) is 2.01. The fourth-order valence-electron chi connectivity index (χ4n) is 0.675. The van der Waals surface area contributed by atoms with Crippen LogP contribution < -0.4 is 11.5 Å². The van der Waals surface area contributed by atoms with Crippen LogP contribution in [0.4, 0.5) is 4.79 Å². The molecule has 0 radical (unpaired) electrons. The number of phenolic OH excluding ortho intramolecular Hbond substituents is 1. The minimum absolute atomic E-state index is 0.449. The number of phenols is 1. The average molecular weight is 234 g/mol. The fraction of sp³-hybridized carbons (Fsp3) is 0. The van der Waals surface area contributed by atoms with Gasteiger partial charge in [-0.2, -0.15) is 8.42 Å². The molecule has 0 atom stereocenters. The third kappa shape index (κ3) is 5.49. The molecule has 0 spiro atoms. The maximum atomic E-state index is 10.4. The highest BCUT2D eigenvalue weighted by molar-refractivity contribution is 7.86. The second kappa shape index (κ2) is 5.17. The van der Waals surface area contributed by atoms with Crippen molar-refractivity contribution < 1.29 is 22.9 Å². The lowest BCUT2D eigenvalue weighted by atomic mass is 10.3. The predicted octanol–water partition coefficient (Wildman–Crippen LogP) is -0.337. The molecule has 0 unspecified atom stereocenters. The number of carbonyl (C=O) groups excluding carboxylic acids is 1. The van der Waals surface area contributed by atoms with Crippen molar-refractivity contribution in [3.63, 3.8) is 0 Å². The quantitative estimate of drug-likeness (QED) is 0.491. The summed E-state index contributed by atoms with van der Waals surface area (Å²) in [6.07, 6.45) is 0. The summed E-state index contributed by atoms with van der Waals surface area (Å²) >= 11 is 0. The second-order valence-electron chi connectivity index (χ2n) is 2.35. The summed E-state index contributed by atoms with van der Waals surface area (Å²) in [5, 5.41) is 8.91. The van der Waals surface area contributed by atoms with Gasteiger partial charge in [-0.15, -0.1) is 0 Å². The van der Waals surface area contributed by atoms with Crippen LogP contribution in [0.25, 0.3) is 0 Å². The number of carbonyl (C=O) groups is 1. The molecule has 0 aliphatic rings. The van der Waals surface area contributed by atoms with Crippen LogP contribution in [0.3, 0.4) is 0 Å². The first kappa shape index (κ1) is 13.2. The SMILES string of the molecule is NC(N)=O.O=S(=O)(O)c1ccccc1O. The number of hydrogen-bond acceptors (Lipinski definition) is 4. The third-order valence-corrected chi connectivity index (χ3v) is 2.04. The van der Waals surface area contributed by atoms with E-state index in [0.29, 0.717) is 0 Å². The number of urea groups is 1. The van der Waals surface area contributed by atoms with Gasteiger partial charge < -0.3 is 16.6 Å². The standard InChI is InChI=1S/C6H6O4S.CH4N2O/c7-5-3-1-2-4-6(5)11(8,9)10;2-1(3)4/h1-4,7H,(H,8,9,10);(H4,2,3,4). The fourth-order valence-corrected chi connectivity index (χ4v) is 1.26. The number of nitrogens with two attached hydrogens (primary N) is 2. The molecule has 0 saturated carbocycles. The summed E-state index contributed by atoms with van der Waals surface area (Å²) in [7, 11) is -4.28. The van der Waals surface area contributed by atoms with Gasteiger partial charge in [-0.3, -0.25) is 4.55 Å². The molecule has 0 heterocycles. The minimum atomic E-state index is -4.28. The molecule has 7 nitrogen and oxygen atoms in total. The number of benzene rings is 1. The zero-order valence-corrected chi connectivity index (χ0v) is 8.31. The van der Waals surface area contributed by atoms with E-state index in [0.717, 1.165) is 6.07 Å². The molecule has 1 aromatic carbocycles. The molecule has 2 amide bonds. The van der Waals surface area contributed by atoms with Gasteiger partial charge in [-0.05, 0) is 12.1 Å². The van der Waals surface area contributed by atoms with E-state index in [-0.39, 0.29) is 0 Å². The summed E-state index contributed by atoms with van der Waals surface area (Å²) in [5.41, 5.74) is 8.50. The van der Waals surface area contributed by atoms with Crippen LogP contribution in [0.2, 0.25) is 0 Å². The molecule has 0 fully saturated rings. The summed E-state index contributed by atoms with van der Waals surface area (Å²) < 4.78 is 29.4. The van der Waals surface area contributed by atoms with E-state index in [1.165, 1.54) is 18.2 Å². The molecule has 8 heteroatoms. The molecule has 1 rings (SSSR count). The highest BCUT2D eigenvalue weighted by Crippen LogP contribution is 2.20. The molecule has 0 bridgehead atoms. The van der Waals surface area contributed by atoms with Gasteiger partial charge >= 0.3 is 6.03 Å². The Hall–Kier alpha value is -1.80. The highest BCUT2D eigenvalue weighted by atomic mass is 32.2. The first-order chi connectivity index (χ1) is 6.75. The lowest BCUT2D eigenvalue weighted by Gasteiger charge is -1.97. The van der Waals surface area contributed by atoms with Gasteiger partial charge in [0.2, 0.25) is 0 Å². The Kier molecular flexibility index (Phi) is 4.55. The zero-order chi connectivity index (χ0) is 12.1. The second-order valence-corrected chi connectivity index (χ2v) is 3.74. The lowest BCUT2D eigenvalue weighted by Crippen LogP contribution is -2.18. The Morgan fingerprint density at radius 1 is 1.20 bits per heavy atom. The molecule has 15 heavy (non-hydrogen) atoms. The molecule has 1 aromatic rings. The Balaban J connectivity index is 0.000000423. The Bertz CT molecular complexity index is 438. The first-order valence-electron chi connectivity index (χ1n) is 3.55. The monoisotopic (exact) mass is 234 g/mol. The van der Waals surface area contributed by atoms with Gasteiger partial charge in [0, 0.05) is 0 Å². The number of rotatable bonds is 1. The number of primary amides is 2. The Labute approximate surface area is 86.1 Å². The zero-order valence-electron chi connectivity index (χ0n) is 7.49. The summed E-state index contributed by atoms with van der Waals surface area (Å²) in [6.45, 7) is 0. The number of amides is 2. The van der Waals surface area contributed by atoms with Crippen molar-refractivity contribution in [3.05, 3.63) is 24.3 Å². The van der Waals surface area contributed by atoms with Gasteiger partial charge in [0.15, 0.2) is 0 Å². The van der Waals surface area contributed by atoms with Crippen LogP contribution in [0.1, 0.15) is 0 Å². The Morgan fingerprint density at radius 2 is 1.60 bits per heavy atom. The van der Waals surface area contributed by atoms with Crippen LogP contribution in [0.5, 0.6) is 5.75 Å². The Morgan fingerprint density at radius 3 is 1.87 bits per heavy atom. The van der Waals surface area contributed by atoms with Crippen LogP contribution >= 0.6 is 0 Å². The van der Waals surface area contributed by atoms with Gasteiger partial charge in [0.05, 0.1) is 0 Å². The molecule has 0 aliphatic heterocycles. The topological polar surface area (TPSA) is 144 Å². The van der Waals surface area contributed by atoms with Gasteiger partial charge in [-0.25, -0.2) is 4.79 Å². The molecular weight excluding hydrogens is 224 g/mol.